The van der Waals surface area contributed by atoms with E-state index in [1.807, 2.05) is 18.9 Å². The highest BCUT2D eigenvalue weighted by Gasteiger charge is 2.27. The molecule has 0 saturated carbocycles. The number of urea groups is 1. The van der Waals surface area contributed by atoms with Crippen LogP contribution in [0.4, 0.5) is 4.79 Å². The Morgan fingerprint density at radius 1 is 1.19 bits per heavy atom. The van der Waals surface area contributed by atoms with Crippen LogP contribution >= 0.6 is 0 Å². The zero-order chi connectivity index (χ0) is 16.0. The van der Waals surface area contributed by atoms with E-state index in [1.165, 1.54) is 0 Å². The molecule has 3 unspecified atom stereocenters. The molecule has 2 amide bonds. The van der Waals surface area contributed by atoms with Gasteiger partial charge >= 0.3 is 18.0 Å². The number of hydrogen-bond acceptors (Lipinski definition) is 4. The monoisotopic (exact) mass is 301 g/mol. The lowest BCUT2D eigenvalue weighted by Gasteiger charge is -2.38. The third kappa shape index (κ3) is 5.58. The van der Waals surface area contributed by atoms with Crippen LogP contribution < -0.4 is 10.7 Å². The van der Waals surface area contributed by atoms with Crippen LogP contribution in [-0.4, -0.2) is 51.3 Å². The first-order valence-electron chi connectivity index (χ1n) is 7.11. The summed E-state index contributed by atoms with van der Waals surface area (Å²) in [5.74, 6) is -2.34. The fourth-order valence-electron chi connectivity index (χ4n) is 2.47. The van der Waals surface area contributed by atoms with Crippen molar-refractivity contribution >= 4 is 18.0 Å². The summed E-state index contributed by atoms with van der Waals surface area (Å²) in [5.41, 5.74) is 2.66. The molecule has 1 aliphatic heterocycles. The summed E-state index contributed by atoms with van der Waals surface area (Å²) in [6.45, 7) is 3.99. The van der Waals surface area contributed by atoms with Crippen LogP contribution in [-0.2, 0) is 9.59 Å². The first-order valence-corrected chi connectivity index (χ1v) is 7.11. The van der Waals surface area contributed by atoms with Gasteiger partial charge in [0.1, 0.15) is 6.04 Å². The minimum atomic E-state index is -1.24. The van der Waals surface area contributed by atoms with Crippen molar-refractivity contribution < 1.29 is 24.6 Å². The molecule has 21 heavy (non-hydrogen) atoms. The molecule has 0 aliphatic carbocycles. The van der Waals surface area contributed by atoms with Crippen LogP contribution in [0.5, 0.6) is 0 Å². The Morgan fingerprint density at radius 3 is 2.24 bits per heavy atom. The lowest BCUT2D eigenvalue weighted by molar-refractivity contribution is -0.140. The van der Waals surface area contributed by atoms with Crippen molar-refractivity contribution in [1.82, 2.24) is 15.8 Å². The normalized spacial score (nSPS) is 24.1. The van der Waals surface area contributed by atoms with E-state index in [0.717, 1.165) is 19.3 Å². The standard InChI is InChI=1S/C13H23N3O5/c1-8-4-3-5-9(2)16(8)15-13(21)14-10(12(19)20)6-7-11(17)18/h8-10H,3-7H2,1-2H3,(H,17,18)(H,19,20)(H2,14,15,21). The first kappa shape index (κ1) is 17.2. The Hall–Kier alpha value is -1.83. The topological polar surface area (TPSA) is 119 Å². The molecule has 120 valence electrons. The van der Waals surface area contributed by atoms with Crippen LogP contribution in [0.1, 0.15) is 46.0 Å². The molecule has 1 saturated heterocycles. The van der Waals surface area contributed by atoms with E-state index >= 15 is 0 Å². The highest BCUT2D eigenvalue weighted by Crippen LogP contribution is 2.20. The second kappa shape index (κ2) is 7.82. The molecule has 0 aromatic heterocycles. The molecule has 4 N–H and O–H groups in total. The molecule has 1 aliphatic rings. The van der Waals surface area contributed by atoms with Crippen LogP contribution in [0.2, 0.25) is 0 Å². The van der Waals surface area contributed by atoms with Crippen molar-refractivity contribution in [2.45, 2.75) is 64.1 Å². The highest BCUT2D eigenvalue weighted by molar-refractivity contribution is 5.82. The Labute approximate surface area is 123 Å². The summed E-state index contributed by atoms with van der Waals surface area (Å²) in [7, 11) is 0. The average Bonchev–Trinajstić information content (AvgIpc) is 2.38. The molecule has 0 bridgehead atoms. The van der Waals surface area contributed by atoms with Gasteiger partial charge < -0.3 is 15.5 Å². The predicted octanol–water partition coefficient (Wildman–Crippen LogP) is 0.782. The smallest absolute Gasteiger partial charge is 0.330 e. The summed E-state index contributed by atoms with van der Waals surface area (Å²) in [6, 6.07) is -1.46. The highest BCUT2D eigenvalue weighted by atomic mass is 16.4. The number of nitrogens with zero attached hydrogens (tertiary/aromatic N) is 1. The van der Waals surface area contributed by atoms with E-state index in [0.29, 0.717) is 0 Å². The van der Waals surface area contributed by atoms with Gasteiger partial charge in [-0.15, -0.1) is 0 Å². The van der Waals surface area contributed by atoms with Crippen molar-refractivity contribution in [3.05, 3.63) is 0 Å². The quantitative estimate of drug-likeness (QED) is 0.575. The summed E-state index contributed by atoms with van der Waals surface area (Å²) in [4.78, 5) is 33.4. The van der Waals surface area contributed by atoms with E-state index in [9.17, 15) is 14.4 Å². The minimum Gasteiger partial charge on any atom is -0.481 e. The number of hydrazine groups is 1. The molecule has 8 heteroatoms. The number of nitrogens with one attached hydrogen (secondary N) is 2. The summed E-state index contributed by atoms with van der Waals surface area (Å²) in [6.07, 6.45) is 2.56. The Balaban J connectivity index is 2.52. The largest absolute Gasteiger partial charge is 0.481 e. The fraction of sp³-hybridized carbons (Fsp3) is 0.769. The molecule has 1 fully saturated rings. The van der Waals surface area contributed by atoms with Gasteiger partial charge in [0.2, 0.25) is 0 Å². The van der Waals surface area contributed by atoms with Gasteiger partial charge in [0.25, 0.3) is 0 Å². The molecule has 8 nitrogen and oxygen atoms in total. The summed E-state index contributed by atoms with van der Waals surface area (Å²) in [5, 5.41) is 21.7. The number of amides is 2. The molecule has 0 aromatic carbocycles. The van der Waals surface area contributed by atoms with E-state index in [4.69, 9.17) is 10.2 Å². The van der Waals surface area contributed by atoms with Gasteiger partial charge in [0, 0.05) is 18.5 Å². The van der Waals surface area contributed by atoms with Crippen LogP contribution in [0.25, 0.3) is 0 Å². The molecule has 0 aromatic rings. The number of carboxylic acid groups (broad SMARTS) is 2. The van der Waals surface area contributed by atoms with Crippen molar-refractivity contribution in [2.24, 2.45) is 0 Å². The lowest BCUT2D eigenvalue weighted by atomic mass is 10.00. The van der Waals surface area contributed by atoms with E-state index in [2.05, 4.69) is 10.7 Å². The van der Waals surface area contributed by atoms with Crippen LogP contribution in [0.3, 0.4) is 0 Å². The van der Waals surface area contributed by atoms with Gasteiger partial charge in [0.05, 0.1) is 0 Å². The molecule has 1 rings (SSSR count). The Bertz CT molecular complexity index is 391. The Morgan fingerprint density at radius 2 is 1.76 bits per heavy atom. The fourth-order valence-corrected chi connectivity index (χ4v) is 2.47. The third-order valence-electron chi connectivity index (χ3n) is 3.67. The van der Waals surface area contributed by atoms with E-state index in [1.54, 1.807) is 0 Å². The molecule has 1 heterocycles. The minimum absolute atomic E-state index is 0.150. The van der Waals surface area contributed by atoms with Gasteiger partial charge in [-0.2, -0.15) is 0 Å². The van der Waals surface area contributed by atoms with Crippen LogP contribution in [0.15, 0.2) is 0 Å². The molecule has 3 atom stereocenters. The zero-order valence-electron chi connectivity index (χ0n) is 12.3. The number of carboxylic acids is 2. The van der Waals surface area contributed by atoms with Gasteiger partial charge in [-0.25, -0.2) is 14.6 Å². The second-order valence-electron chi connectivity index (χ2n) is 5.44. The zero-order valence-corrected chi connectivity index (χ0v) is 12.3. The summed E-state index contributed by atoms with van der Waals surface area (Å²) < 4.78 is 0. The molecule has 0 spiro atoms. The molecule has 0 radical (unpaired) electrons. The number of hydrogen-bond donors (Lipinski definition) is 4. The predicted molar refractivity (Wildman–Crippen MR) is 74.6 cm³/mol. The van der Waals surface area contributed by atoms with E-state index < -0.39 is 24.0 Å². The van der Waals surface area contributed by atoms with Crippen molar-refractivity contribution in [2.75, 3.05) is 0 Å². The number of piperidine rings is 1. The molecular formula is C13H23N3O5. The van der Waals surface area contributed by atoms with Crippen molar-refractivity contribution in [3.63, 3.8) is 0 Å². The second-order valence-corrected chi connectivity index (χ2v) is 5.44. The van der Waals surface area contributed by atoms with Gasteiger partial charge in [-0.3, -0.25) is 10.2 Å². The third-order valence-corrected chi connectivity index (χ3v) is 3.67. The van der Waals surface area contributed by atoms with E-state index in [-0.39, 0.29) is 24.9 Å². The van der Waals surface area contributed by atoms with Gasteiger partial charge in [0.15, 0.2) is 0 Å². The molecular weight excluding hydrogens is 278 g/mol. The maximum absolute atomic E-state index is 11.9. The van der Waals surface area contributed by atoms with Crippen molar-refractivity contribution in [3.8, 4) is 0 Å². The average molecular weight is 301 g/mol. The SMILES string of the molecule is CC1CCCC(C)N1NC(=O)NC(CCC(=O)O)C(=O)O. The summed E-state index contributed by atoms with van der Waals surface area (Å²) >= 11 is 0. The van der Waals surface area contributed by atoms with Crippen molar-refractivity contribution in [1.29, 1.82) is 0 Å². The number of carbonyl (C=O) groups excluding carboxylic acids is 1. The number of rotatable bonds is 6. The maximum Gasteiger partial charge on any atom is 0.330 e. The number of carbonyl (C=O) groups is 3. The van der Waals surface area contributed by atoms with Gasteiger partial charge in [-0.05, 0) is 33.1 Å². The van der Waals surface area contributed by atoms with Gasteiger partial charge in [-0.1, -0.05) is 6.42 Å². The first-order chi connectivity index (χ1) is 9.81. The Kier molecular flexibility index (Phi) is 6.41. The number of aliphatic carboxylic acids is 2. The lowest BCUT2D eigenvalue weighted by Crippen LogP contribution is -2.58. The van der Waals surface area contributed by atoms with Crippen LogP contribution in [0, 0.1) is 0 Å². The maximum atomic E-state index is 11.9.